The molecule has 0 saturated carbocycles. The molecule has 0 atom stereocenters. The van der Waals surface area contributed by atoms with Crippen molar-refractivity contribution in [3.8, 4) is 28.5 Å². The number of hydrogen-bond acceptors (Lipinski definition) is 7. The lowest BCUT2D eigenvalue weighted by molar-refractivity contribution is -0.384. The van der Waals surface area contributed by atoms with Gasteiger partial charge < -0.3 is 24.1 Å². The van der Waals surface area contributed by atoms with Gasteiger partial charge in [-0.1, -0.05) is 12.1 Å². The van der Waals surface area contributed by atoms with Crippen molar-refractivity contribution < 1.29 is 19.1 Å². The summed E-state index contributed by atoms with van der Waals surface area (Å²) < 4.78 is 18.1. The molecule has 1 N–H and O–H groups in total. The maximum Gasteiger partial charge on any atom is 0.270 e. The van der Waals surface area contributed by atoms with Crippen molar-refractivity contribution in [3.05, 3.63) is 58.3 Å². The minimum absolute atomic E-state index is 0.0354. The summed E-state index contributed by atoms with van der Waals surface area (Å²) in [7, 11) is 6.54. The molecule has 0 amide bonds. The van der Waals surface area contributed by atoms with Crippen LogP contribution in [0.3, 0.4) is 0 Å². The molecule has 1 aromatic heterocycles. The number of anilines is 1. The monoisotopic (exact) mass is 398 g/mol. The Labute approximate surface area is 168 Å². The summed E-state index contributed by atoms with van der Waals surface area (Å²) in [5.41, 5.74) is 2.37. The Morgan fingerprint density at radius 2 is 1.86 bits per heavy atom. The van der Waals surface area contributed by atoms with Crippen LogP contribution in [0.5, 0.6) is 17.2 Å². The number of ether oxygens (including phenoxy) is 3. The van der Waals surface area contributed by atoms with Crippen LogP contribution in [0, 0.1) is 10.1 Å². The number of imidazole rings is 1. The molecule has 0 bridgehead atoms. The van der Waals surface area contributed by atoms with Gasteiger partial charge in [0.25, 0.3) is 5.69 Å². The summed E-state index contributed by atoms with van der Waals surface area (Å²) in [6, 6.07) is 10.1. The highest BCUT2D eigenvalue weighted by Gasteiger charge is 2.17. The van der Waals surface area contributed by atoms with Gasteiger partial charge in [-0.3, -0.25) is 10.1 Å². The Bertz CT molecular complexity index is 1030. The second kappa shape index (κ2) is 8.51. The zero-order chi connectivity index (χ0) is 21.0. The van der Waals surface area contributed by atoms with Crippen LogP contribution >= 0.6 is 0 Å². The molecule has 9 heteroatoms. The average Bonchev–Trinajstić information content (AvgIpc) is 3.11. The average molecular weight is 398 g/mol. The standard InChI is InChI=1S/C20H22N4O5/c1-23-16(13-6-5-7-15(10-13)24(25)26)12-22-20(23)21-11-14-8-9-17(27-2)19(29-4)18(14)28-3/h5-10,12H,11H2,1-4H3,(H,21,22). The zero-order valence-corrected chi connectivity index (χ0v) is 16.6. The van der Waals surface area contributed by atoms with Crippen LogP contribution in [-0.4, -0.2) is 35.8 Å². The number of non-ortho nitro benzene ring substituents is 1. The maximum absolute atomic E-state index is 11.0. The third-order valence-electron chi connectivity index (χ3n) is 4.56. The molecule has 29 heavy (non-hydrogen) atoms. The number of nitrogens with zero attached hydrogens (tertiary/aromatic N) is 3. The number of rotatable bonds is 8. The fraction of sp³-hybridized carbons (Fsp3) is 0.250. The van der Waals surface area contributed by atoms with Gasteiger partial charge in [0.15, 0.2) is 11.5 Å². The number of aromatic nitrogens is 2. The Kier molecular flexibility index (Phi) is 5.87. The Morgan fingerprint density at radius 1 is 1.10 bits per heavy atom. The highest BCUT2D eigenvalue weighted by atomic mass is 16.6. The predicted molar refractivity (Wildman–Crippen MR) is 109 cm³/mol. The Morgan fingerprint density at radius 3 is 2.52 bits per heavy atom. The third-order valence-corrected chi connectivity index (χ3v) is 4.56. The first-order valence-corrected chi connectivity index (χ1v) is 8.78. The third kappa shape index (κ3) is 3.93. The van der Waals surface area contributed by atoms with Gasteiger partial charge in [0.1, 0.15) is 0 Å². The topological polar surface area (TPSA) is 101 Å². The lowest BCUT2D eigenvalue weighted by Gasteiger charge is -2.16. The SMILES string of the molecule is COc1ccc(CNc2ncc(-c3cccc([N+](=O)[O-])c3)n2C)c(OC)c1OC. The first-order chi connectivity index (χ1) is 14.0. The minimum Gasteiger partial charge on any atom is -0.493 e. The number of hydrogen-bond donors (Lipinski definition) is 1. The summed E-state index contributed by atoms with van der Waals surface area (Å²) in [4.78, 5) is 15.0. The van der Waals surface area contributed by atoms with E-state index in [1.54, 1.807) is 33.6 Å². The first kappa shape index (κ1) is 20.0. The van der Waals surface area contributed by atoms with Gasteiger partial charge in [0.2, 0.25) is 11.7 Å². The van der Waals surface area contributed by atoms with Crippen LogP contribution in [-0.2, 0) is 13.6 Å². The van der Waals surface area contributed by atoms with Crippen LogP contribution in [0.2, 0.25) is 0 Å². The second-order valence-electron chi connectivity index (χ2n) is 6.18. The van der Waals surface area contributed by atoms with E-state index in [-0.39, 0.29) is 5.69 Å². The summed E-state index contributed by atoms with van der Waals surface area (Å²) in [6.45, 7) is 0.433. The second-order valence-corrected chi connectivity index (χ2v) is 6.18. The van der Waals surface area contributed by atoms with Gasteiger partial charge in [-0.15, -0.1) is 0 Å². The Hall–Kier alpha value is -3.75. The van der Waals surface area contributed by atoms with Gasteiger partial charge in [0, 0.05) is 36.9 Å². The molecular weight excluding hydrogens is 376 g/mol. The Balaban J connectivity index is 1.85. The smallest absolute Gasteiger partial charge is 0.270 e. The first-order valence-electron chi connectivity index (χ1n) is 8.78. The van der Waals surface area contributed by atoms with E-state index < -0.39 is 4.92 Å². The van der Waals surface area contributed by atoms with E-state index in [0.717, 1.165) is 11.3 Å². The molecule has 3 aromatic rings. The summed E-state index contributed by atoms with van der Waals surface area (Å²) >= 11 is 0. The fourth-order valence-electron chi connectivity index (χ4n) is 3.10. The van der Waals surface area contributed by atoms with Gasteiger partial charge >= 0.3 is 0 Å². The molecule has 0 aliphatic carbocycles. The molecule has 0 fully saturated rings. The number of methoxy groups -OCH3 is 3. The van der Waals surface area contributed by atoms with E-state index >= 15 is 0 Å². The van der Waals surface area contributed by atoms with Crippen LogP contribution in [0.1, 0.15) is 5.56 Å². The molecule has 0 radical (unpaired) electrons. The number of benzene rings is 2. The van der Waals surface area contributed by atoms with Crippen molar-refractivity contribution in [2.75, 3.05) is 26.6 Å². The molecule has 152 valence electrons. The van der Waals surface area contributed by atoms with Crippen molar-refractivity contribution in [3.63, 3.8) is 0 Å². The molecule has 9 nitrogen and oxygen atoms in total. The van der Waals surface area contributed by atoms with Crippen LogP contribution in [0.15, 0.2) is 42.6 Å². The molecule has 2 aromatic carbocycles. The number of nitro groups is 1. The van der Waals surface area contributed by atoms with E-state index in [2.05, 4.69) is 10.3 Å². The van der Waals surface area contributed by atoms with Crippen molar-refractivity contribution in [1.29, 1.82) is 0 Å². The predicted octanol–water partition coefficient (Wildman–Crippen LogP) is 3.63. The van der Waals surface area contributed by atoms with E-state index in [1.807, 2.05) is 29.8 Å². The van der Waals surface area contributed by atoms with Gasteiger partial charge in [0.05, 0.1) is 38.1 Å². The largest absolute Gasteiger partial charge is 0.493 e. The maximum atomic E-state index is 11.0. The summed E-state index contributed by atoms with van der Waals surface area (Å²) in [6.07, 6.45) is 1.67. The van der Waals surface area contributed by atoms with Crippen LogP contribution in [0.4, 0.5) is 11.6 Å². The van der Waals surface area contributed by atoms with Crippen molar-refractivity contribution >= 4 is 11.6 Å². The van der Waals surface area contributed by atoms with E-state index in [9.17, 15) is 10.1 Å². The fourth-order valence-corrected chi connectivity index (χ4v) is 3.10. The van der Waals surface area contributed by atoms with E-state index in [4.69, 9.17) is 14.2 Å². The lowest BCUT2D eigenvalue weighted by Crippen LogP contribution is -2.08. The molecule has 0 spiro atoms. The highest BCUT2D eigenvalue weighted by Crippen LogP contribution is 2.40. The molecule has 3 rings (SSSR count). The summed E-state index contributed by atoms with van der Waals surface area (Å²) in [5, 5.41) is 14.3. The van der Waals surface area contributed by atoms with Gasteiger partial charge in [-0.05, 0) is 12.1 Å². The van der Waals surface area contributed by atoms with Crippen LogP contribution < -0.4 is 19.5 Å². The van der Waals surface area contributed by atoms with E-state index in [0.29, 0.717) is 35.3 Å². The molecule has 0 aliphatic heterocycles. The minimum atomic E-state index is -0.414. The van der Waals surface area contributed by atoms with Gasteiger partial charge in [-0.25, -0.2) is 4.98 Å². The number of nitro benzene ring substituents is 1. The molecule has 0 unspecified atom stereocenters. The molecular formula is C20H22N4O5. The van der Waals surface area contributed by atoms with Gasteiger partial charge in [-0.2, -0.15) is 0 Å². The zero-order valence-electron chi connectivity index (χ0n) is 16.6. The summed E-state index contributed by atoms with van der Waals surface area (Å²) in [5.74, 6) is 2.29. The lowest BCUT2D eigenvalue weighted by atomic mass is 10.1. The van der Waals surface area contributed by atoms with Crippen molar-refractivity contribution in [2.45, 2.75) is 6.54 Å². The van der Waals surface area contributed by atoms with Crippen molar-refractivity contribution in [1.82, 2.24) is 9.55 Å². The normalized spacial score (nSPS) is 10.5. The van der Waals surface area contributed by atoms with Crippen molar-refractivity contribution in [2.24, 2.45) is 7.05 Å². The van der Waals surface area contributed by atoms with Crippen LogP contribution in [0.25, 0.3) is 11.3 Å². The molecule has 0 aliphatic rings. The molecule has 0 saturated heterocycles. The quantitative estimate of drug-likeness (QED) is 0.457. The van der Waals surface area contributed by atoms with E-state index in [1.165, 1.54) is 12.1 Å². The molecule has 1 heterocycles. The highest BCUT2D eigenvalue weighted by molar-refractivity contribution is 5.64. The number of nitrogens with one attached hydrogen (secondary N) is 1.